The number of hydrogen-bond donors (Lipinski definition) is 1. The van der Waals surface area contributed by atoms with Crippen LogP contribution in [0.15, 0.2) is 43.0 Å². The standard InChI is InChI=1S/C14H13ClN6/c1-2-10-3-5-11(6-4-10)17-13-18-12(15)19-14(20-13)21-8-7-16-9-21/h3-9H,2H2,1H3,(H,17,18,19,20). The van der Waals surface area contributed by atoms with Crippen molar-refractivity contribution in [3.05, 3.63) is 53.8 Å². The van der Waals surface area contributed by atoms with Crippen LogP contribution in [0.4, 0.5) is 11.6 Å². The molecule has 0 aliphatic rings. The molecular formula is C14H13ClN6. The lowest BCUT2D eigenvalue weighted by atomic mass is 10.1. The van der Waals surface area contributed by atoms with Crippen LogP contribution in [-0.4, -0.2) is 24.5 Å². The first-order valence-electron chi connectivity index (χ1n) is 6.50. The van der Waals surface area contributed by atoms with Gasteiger partial charge in [-0.3, -0.25) is 4.57 Å². The Hall–Kier alpha value is -2.47. The predicted molar refractivity (Wildman–Crippen MR) is 81.1 cm³/mol. The van der Waals surface area contributed by atoms with Gasteiger partial charge < -0.3 is 5.32 Å². The maximum Gasteiger partial charge on any atom is 0.241 e. The van der Waals surface area contributed by atoms with Gasteiger partial charge in [0.25, 0.3) is 0 Å². The number of imidazole rings is 1. The summed E-state index contributed by atoms with van der Waals surface area (Å²) in [4.78, 5) is 16.4. The molecule has 1 N–H and O–H groups in total. The zero-order valence-electron chi connectivity index (χ0n) is 11.4. The third-order valence-electron chi connectivity index (χ3n) is 2.95. The minimum atomic E-state index is 0.126. The first-order chi connectivity index (χ1) is 10.2. The summed E-state index contributed by atoms with van der Waals surface area (Å²) < 4.78 is 1.67. The molecule has 0 amide bonds. The Balaban J connectivity index is 1.88. The second-order valence-corrected chi connectivity index (χ2v) is 4.71. The molecular weight excluding hydrogens is 288 g/mol. The van der Waals surface area contributed by atoms with E-state index in [1.54, 1.807) is 23.3 Å². The number of rotatable bonds is 4. The number of nitrogens with one attached hydrogen (secondary N) is 1. The van der Waals surface area contributed by atoms with Crippen LogP contribution >= 0.6 is 11.6 Å². The summed E-state index contributed by atoms with van der Waals surface area (Å²) >= 11 is 5.94. The molecule has 1 aromatic carbocycles. The summed E-state index contributed by atoms with van der Waals surface area (Å²) in [5, 5.41) is 3.24. The zero-order valence-corrected chi connectivity index (χ0v) is 12.1. The van der Waals surface area contributed by atoms with Gasteiger partial charge in [-0.15, -0.1) is 0 Å². The Morgan fingerprint density at radius 3 is 2.62 bits per heavy atom. The van der Waals surface area contributed by atoms with Crippen molar-refractivity contribution in [1.82, 2.24) is 24.5 Å². The van der Waals surface area contributed by atoms with E-state index in [1.807, 2.05) is 12.1 Å². The van der Waals surface area contributed by atoms with Crippen molar-refractivity contribution >= 4 is 23.2 Å². The summed E-state index contributed by atoms with van der Waals surface area (Å²) in [6, 6.07) is 8.07. The molecule has 0 fully saturated rings. The molecule has 0 aliphatic carbocycles. The molecule has 0 saturated carbocycles. The predicted octanol–water partition coefficient (Wildman–Crippen LogP) is 3.02. The number of hydrogen-bond acceptors (Lipinski definition) is 5. The monoisotopic (exact) mass is 300 g/mol. The van der Waals surface area contributed by atoms with Gasteiger partial charge in [-0.1, -0.05) is 19.1 Å². The van der Waals surface area contributed by atoms with E-state index in [0.717, 1.165) is 12.1 Å². The lowest BCUT2D eigenvalue weighted by molar-refractivity contribution is 0.899. The molecule has 0 atom stereocenters. The second-order valence-electron chi connectivity index (χ2n) is 4.37. The summed E-state index contributed by atoms with van der Waals surface area (Å²) in [6.07, 6.45) is 5.99. The number of nitrogens with zero attached hydrogens (tertiary/aromatic N) is 5. The first-order valence-corrected chi connectivity index (χ1v) is 6.88. The van der Waals surface area contributed by atoms with E-state index in [9.17, 15) is 0 Å². The van der Waals surface area contributed by atoms with Gasteiger partial charge in [0.05, 0.1) is 0 Å². The molecule has 0 spiro atoms. The molecule has 3 rings (SSSR count). The van der Waals surface area contributed by atoms with Crippen LogP contribution in [0, 0.1) is 0 Å². The van der Waals surface area contributed by atoms with E-state index in [0.29, 0.717) is 11.9 Å². The largest absolute Gasteiger partial charge is 0.324 e. The minimum absolute atomic E-state index is 0.126. The Labute approximate surface area is 126 Å². The fourth-order valence-electron chi connectivity index (χ4n) is 1.84. The first kappa shape index (κ1) is 13.5. The zero-order chi connectivity index (χ0) is 14.7. The van der Waals surface area contributed by atoms with E-state index < -0.39 is 0 Å². The normalized spacial score (nSPS) is 10.6. The Morgan fingerprint density at radius 2 is 1.95 bits per heavy atom. The molecule has 3 aromatic rings. The van der Waals surface area contributed by atoms with Crippen molar-refractivity contribution in [2.45, 2.75) is 13.3 Å². The summed E-state index contributed by atoms with van der Waals surface area (Å²) in [5.74, 6) is 0.808. The molecule has 2 aromatic heterocycles. The Kier molecular flexibility index (Phi) is 3.79. The molecule has 2 heterocycles. The van der Waals surface area contributed by atoms with Gasteiger partial charge in [0.1, 0.15) is 6.33 Å². The summed E-state index contributed by atoms with van der Waals surface area (Å²) in [7, 11) is 0. The second kappa shape index (κ2) is 5.88. The Bertz CT molecular complexity index is 724. The van der Waals surface area contributed by atoms with E-state index in [1.165, 1.54) is 5.56 Å². The lowest BCUT2D eigenvalue weighted by Crippen LogP contribution is -2.05. The van der Waals surface area contributed by atoms with Crippen molar-refractivity contribution in [3.63, 3.8) is 0 Å². The number of halogens is 1. The highest BCUT2D eigenvalue weighted by atomic mass is 35.5. The van der Waals surface area contributed by atoms with Crippen LogP contribution < -0.4 is 5.32 Å². The van der Waals surface area contributed by atoms with E-state index in [-0.39, 0.29) is 5.28 Å². The van der Waals surface area contributed by atoms with Crippen molar-refractivity contribution in [3.8, 4) is 5.95 Å². The van der Waals surface area contributed by atoms with Gasteiger partial charge in [0.2, 0.25) is 17.2 Å². The van der Waals surface area contributed by atoms with Crippen molar-refractivity contribution in [2.24, 2.45) is 0 Å². The summed E-state index contributed by atoms with van der Waals surface area (Å²) in [5.41, 5.74) is 2.17. The van der Waals surface area contributed by atoms with Crippen LogP contribution in [0.1, 0.15) is 12.5 Å². The van der Waals surface area contributed by atoms with Gasteiger partial charge in [-0.25, -0.2) is 4.98 Å². The Morgan fingerprint density at radius 1 is 1.14 bits per heavy atom. The van der Waals surface area contributed by atoms with Gasteiger partial charge in [-0.2, -0.15) is 15.0 Å². The van der Waals surface area contributed by atoms with Crippen LogP contribution in [0.5, 0.6) is 0 Å². The highest BCUT2D eigenvalue weighted by Gasteiger charge is 2.07. The average Bonchev–Trinajstić information content (AvgIpc) is 3.02. The maximum absolute atomic E-state index is 5.94. The molecule has 0 saturated heterocycles. The third kappa shape index (κ3) is 3.17. The molecule has 0 unspecified atom stereocenters. The van der Waals surface area contributed by atoms with Gasteiger partial charge in [-0.05, 0) is 35.7 Å². The SMILES string of the molecule is CCc1ccc(Nc2nc(Cl)nc(-n3ccnc3)n2)cc1. The fourth-order valence-corrected chi connectivity index (χ4v) is 2.00. The fraction of sp³-hybridized carbons (Fsp3) is 0.143. The topological polar surface area (TPSA) is 68.5 Å². The maximum atomic E-state index is 5.94. The average molecular weight is 301 g/mol. The van der Waals surface area contributed by atoms with Gasteiger partial charge in [0.15, 0.2) is 0 Å². The van der Waals surface area contributed by atoms with Crippen molar-refractivity contribution in [2.75, 3.05) is 5.32 Å². The molecule has 0 radical (unpaired) electrons. The van der Waals surface area contributed by atoms with Crippen molar-refractivity contribution < 1.29 is 0 Å². The molecule has 106 valence electrons. The lowest BCUT2D eigenvalue weighted by Gasteiger charge is -2.07. The molecule has 0 bridgehead atoms. The quantitative estimate of drug-likeness (QED) is 0.802. The highest BCUT2D eigenvalue weighted by Crippen LogP contribution is 2.16. The smallest absolute Gasteiger partial charge is 0.241 e. The van der Waals surface area contributed by atoms with Gasteiger partial charge in [0, 0.05) is 18.1 Å². The minimum Gasteiger partial charge on any atom is -0.324 e. The van der Waals surface area contributed by atoms with Crippen LogP contribution in [0.2, 0.25) is 5.28 Å². The molecule has 6 nitrogen and oxygen atoms in total. The number of benzene rings is 1. The number of anilines is 2. The number of aryl methyl sites for hydroxylation is 1. The molecule has 21 heavy (non-hydrogen) atoms. The van der Waals surface area contributed by atoms with Gasteiger partial charge >= 0.3 is 0 Å². The molecule has 0 aliphatic heterocycles. The van der Waals surface area contributed by atoms with Crippen LogP contribution in [0.25, 0.3) is 5.95 Å². The molecule has 7 heteroatoms. The summed E-state index contributed by atoms with van der Waals surface area (Å²) in [6.45, 7) is 2.12. The number of aromatic nitrogens is 5. The van der Waals surface area contributed by atoms with E-state index in [2.05, 4.69) is 44.3 Å². The van der Waals surface area contributed by atoms with Crippen LogP contribution in [-0.2, 0) is 6.42 Å². The van der Waals surface area contributed by atoms with Crippen LogP contribution in [0.3, 0.4) is 0 Å². The van der Waals surface area contributed by atoms with E-state index in [4.69, 9.17) is 11.6 Å². The van der Waals surface area contributed by atoms with E-state index >= 15 is 0 Å². The van der Waals surface area contributed by atoms with Crippen molar-refractivity contribution in [1.29, 1.82) is 0 Å². The third-order valence-corrected chi connectivity index (χ3v) is 3.12. The highest BCUT2D eigenvalue weighted by molar-refractivity contribution is 6.28.